The molecule has 1 saturated carbocycles. The summed E-state index contributed by atoms with van der Waals surface area (Å²) in [6.07, 6.45) is 8.87. The summed E-state index contributed by atoms with van der Waals surface area (Å²) < 4.78 is 2.51. The topological polar surface area (TPSA) is 3.24 Å². The van der Waals surface area contributed by atoms with Crippen LogP contribution in [0.1, 0.15) is 45.4 Å². The van der Waals surface area contributed by atoms with Crippen molar-refractivity contribution in [1.82, 2.24) is 3.11 Å². The van der Waals surface area contributed by atoms with Crippen molar-refractivity contribution in [2.75, 3.05) is 13.1 Å². The molecule has 2 heteroatoms. The molecule has 0 aromatic heterocycles. The zero-order chi connectivity index (χ0) is 9.31. The van der Waals surface area contributed by atoms with Crippen LogP contribution in [0.15, 0.2) is 0 Å². The minimum atomic E-state index is 0.728. The van der Waals surface area contributed by atoms with Crippen LogP contribution in [-0.2, 0) is 0 Å². The smallest absolute Gasteiger partial charge is 0.0201 e. The van der Waals surface area contributed by atoms with Crippen LogP contribution >= 0.6 is 22.9 Å². The highest BCUT2D eigenvalue weighted by Gasteiger charge is 2.37. The molecule has 0 bridgehead atoms. The largest absolute Gasteiger partial charge is 0.247 e. The average Bonchev–Trinajstić information content (AvgIpc) is 2.11. The van der Waals surface area contributed by atoms with Crippen molar-refractivity contribution in [3.63, 3.8) is 0 Å². The zero-order valence-electron chi connectivity index (χ0n) is 8.56. The molecule has 1 saturated heterocycles. The predicted octanol–water partition coefficient (Wildman–Crippen LogP) is 3.63. The number of rotatable bonds is 0. The molecule has 1 nitrogen and oxygen atoms in total. The summed E-state index contributed by atoms with van der Waals surface area (Å²) in [4.78, 5) is 0. The van der Waals surface area contributed by atoms with Crippen LogP contribution in [0.2, 0.25) is 0 Å². The van der Waals surface area contributed by atoms with E-state index in [9.17, 15) is 0 Å². The van der Waals surface area contributed by atoms with Gasteiger partial charge in [-0.2, -0.15) is 0 Å². The molecule has 1 heterocycles. The Morgan fingerprint density at radius 3 is 2.54 bits per heavy atom. The highest BCUT2D eigenvalue weighted by Crippen LogP contribution is 2.45. The quantitative estimate of drug-likeness (QED) is 0.487. The summed E-state index contributed by atoms with van der Waals surface area (Å²) >= 11 is 2.51. The second kappa shape index (κ2) is 4.05. The monoisotopic (exact) mass is 293 g/mol. The van der Waals surface area contributed by atoms with Gasteiger partial charge in [-0.25, -0.2) is 3.11 Å². The molecule has 0 amide bonds. The highest BCUT2D eigenvalue weighted by atomic mass is 127. The van der Waals surface area contributed by atoms with Crippen molar-refractivity contribution in [3.8, 4) is 0 Å². The van der Waals surface area contributed by atoms with Gasteiger partial charge in [0.1, 0.15) is 0 Å². The number of nitrogens with zero attached hydrogens (tertiary/aromatic N) is 1. The fourth-order valence-electron chi connectivity index (χ4n) is 2.93. The third kappa shape index (κ3) is 2.38. The molecule has 1 aliphatic carbocycles. The van der Waals surface area contributed by atoms with Crippen molar-refractivity contribution < 1.29 is 0 Å². The maximum absolute atomic E-state index is 2.51. The minimum Gasteiger partial charge on any atom is -0.247 e. The van der Waals surface area contributed by atoms with Gasteiger partial charge < -0.3 is 0 Å². The lowest BCUT2D eigenvalue weighted by molar-refractivity contribution is 0.0904. The number of hydrogen-bond acceptors (Lipinski definition) is 1. The molecule has 76 valence electrons. The molecule has 0 N–H and O–H groups in total. The average molecular weight is 293 g/mol. The van der Waals surface area contributed by atoms with Crippen molar-refractivity contribution >= 4 is 22.9 Å². The van der Waals surface area contributed by atoms with Gasteiger partial charge >= 0.3 is 0 Å². The molecule has 1 aliphatic heterocycles. The van der Waals surface area contributed by atoms with Crippen LogP contribution in [0.5, 0.6) is 0 Å². The van der Waals surface area contributed by atoms with Gasteiger partial charge in [0.05, 0.1) is 0 Å². The summed E-state index contributed by atoms with van der Waals surface area (Å²) in [6, 6.07) is 0. The first-order valence-electron chi connectivity index (χ1n) is 5.61. The molecule has 13 heavy (non-hydrogen) atoms. The Kier molecular flexibility index (Phi) is 3.18. The fraction of sp³-hybridized carbons (Fsp3) is 1.00. The van der Waals surface area contributed by atoms with E-state index in [0.29, 0.717) is 0 Å². The van der Waals surface area contributed by atoms with Crippen molar-refractivity contribution in [1.29, 1.82) is 0 Å². The zero-order valence-corrected chi connectivity index (χ0v) is 10.7. The van der Waals surface area contributed by atoms with Gasteiger partial charge in [0.25, 0.3) is 0 Å². The number of hydrogen-bond donors (Lipinski definition) is 0. The van der Waals surface area contributed by atoms with Crippen LogP contribution in [0, 0.1) is 11.3 Å². The Labute approximate surface area is 95.8 Å². The molecule has 1 spiro atoms. The fourth-order valence-corrected chi connectivity index (χ4v) is 4.00. The predicted molar refractivity (Wildman–Crippen MR) is 64.9 cm³/mol. The molecule has 2 aliphatic rings. The Hall–Kier alpha value is 0.690. The molecular formula is C11H20IN. The summed E-state index contributed by atoms with van der Waals surface area (Å²) in [5.41, 5.74) is 0.728. The van der Waals surface area contributed by atoms with Crippen molar-refractivity contribution in [3.05, 3.63) is 0 Å². The first-order chi connectivity index (χ1) is 6.20. The van der Waals surface area contributed by atoms with Gasteiger partial charge in [-0.15, -0.1) is 0 Å². The van der Waals surface area contributed by atoms with E-state index >= 15 is 0 Å². The third-order valence-corrected chi connectivity index (χ3v) is 4.77. The van der Waals surface area contributed by atoms with Gasteiger partial charge in [-0.3, -0.25) is 0 Å². The third-order valence-electron chi connectivity index (χ3n) is 3.95. The number of halogens is 1. The molecule has 0 unspecified atom stereocenters. The summed E-state index contributed by atoms with van der Waals surface area (Å²) in [5.74, 6) is 0.996. The highest BCUT2D eigenvalue weighted by molar-refractivity contribution is 14.1. The SMILES string of the molecule is CC1CCC2(CCCN(I)C2)CC1. The normalized spacial score (nSPS) is 42.5. The Morgan fingerprint density at radius 2 is 1.92 bits per heavy atom. The van der Waals surface area contributed by atoms with E-state index < -0.39 is 0 Å². The van der Waals surface area contributed by atoms with Crippen LogP contribution in [0.4, 0.5) is 0 Å². The lowest BCUT2D eigenvalue weighted by Gasteiger charge is -2.44. The summed E-state index contributed by atoms with van der Waals surface area (Å²) in [5, 5.41) is 0. The molecule has 0 radical (unpaired) electrons. The lowest BCUT2D eigenvalue weighted by Crippen LogP contribution is -2.40. The van der Waals surface area contributed by atoms with Crippen LogP contribution in [0.3, 0.4) is 0 Å². The second-order valence-electron chi connectivity index (χ2n) is 5.13. The molecule has 2 fully saturated rings. The molecule has 0 aromatic carbocycles. The first kappa shape index (κ1) is 10.2. The van der Waals surface area contributed by atoms with E-state index in [-0.39, 0.29) is 0 Å². The van der Waals surface area contributed by atoms with E-state index in [1.165, 1.54) is 51.6 Å². The van der Waals surface area contributed by atoms with E-state index in [0.717, 1.165) is 11.3 Å². The van der Waals surface area contributed by atoms with Crippen LogP contribution in [0.25, 0.3) is 0 Å². The first-order valence-corrected chi connectivity index (χ1v) is 6.57. The Balaban J connectivity index is 1.95. The molecule has 0 aromatic rings. The van der Waals surface area contributed by atoms with E-state index in [1.807, 2.05) is 0 Å². The molecular weight excluding hydrogens is 273 g/mol. The van der Waals surface area contributed by atoms with Gasteiger partial charge in [0.15, 0.2) is 0 Å². The standard InChI is InChI=1S/C11H20IN/c1-10-3-6-11(7-4-10)5-2-8-13(12)9-11/h10H,2-9H2,1H3. The Morgan fingerprint density at radius 1 is 1.23 bits per heavy atom. The minimum absolute atomic E-state index is 0.728. The van der Waals surface area contributed by atoms with E-state index in [4.69, 9.17) is 0 Å². The van der Waals surface area contributed by atoms with E-state index in [2.05, 4.69) is 32.9 Å². The lowest BCUT2D eigenvalue weighted by atomic mass is 9.67. The van der Waals surface area contributed by atoms with Crippen LogP contribution < -0.4 is 0 Å². The van der Waals surface area contributed by atoms with Crippen molar-refractivity contribution in [2.45, 2.75) is 45.4 Å². The molecule has 2 rings (SSSR count). The molecule has 0 atom stereocenters. The summed E-state index contributed by atoms with van der Waals surface area (Å²) in [7, 11) is 0. The second-order valence-corrected chi connectivity index (χ2v) is 6.49. The maximum atomic E-state index is 2.51. The van der Waals surface area contributed by atoms with E-state index in [1.54, 1.807) is 0 Å². The van der Waals surface area contributed by atoms with Gasteiger partial charge in [-0.1, -0.05) is 19.8 Å². The number of piperidine rings is 1. The Bertz CT molecular complexity index is 173. The van der Waals surface area contributed by atoms with Crippen molar-refractivity contribution in [2.24, 2.45) is 11.3 Å². The summed E-state index contributed by atoms with van der Waals surface area (Å²) in [6.45, 7) is 5.09. The van der Waals surface area contributed by atoms with Crippen LogP contribution in [-0.4, -0.2) is 16.2 Å². The van der Waals surface area contributed by atoms with Gasteiger partial charge in [0.2, 0.25) is 0 Å². The maximum Gasteiger partial charge on any atom is 0.0201 e. The van der Waals surface area contributed by atoms with Gasteiger partial charge in [0, 0.05) is 36.0 Å². The van der Waals surface area contributed by atoms with Gasteiger partial charge in [-0.05, 0) is 37.0 Å².